The van der Waals surface area contributed by atoms with Crippen molar-refractivity contribution in [1.82, 2.24) is 8.87 Å². The number of carboxylic acids is 1. The zero-order chi connectivity index (χ0) is 18.4. The Morgan fingerprint density at radius 1 is 1.20 bits per heavy atom. The van der Waals surface area contributed by atoms with Crippen molar-refractivity contribution in [2.75, 3.05) is 13.1 Å². The standard InChI is InChI=1S/C15H16N4O5S/c16-11-7-18(8-11)14(20)10-3-1-2-9(6-10)12-4-5-19(25(17,23)24)13(12)15(21)22/h1-6,11H,7-8,16H2,(H,21,22)(H2,17,23,24). The summed E-state index contributed by atoms with van der Waals surface area (Å²) in [6.45, 7) is 0.927. The lowest BCUT2D eigenvalue weighted by atomic mass is 10.0. The van der Waals surface area contributed by atoms with E-state index in [-0.39, 0.29) is 17.5 Å². The van der Waals surface area contributed by atoms with Crippen LogP contribution in [0.25, 0.3) is 11.1 Å². The number of carboxylic acid groups (broad SMARTS) is 1. The molecule has 1 amide bonds. The van der Waals surface area contributed by atoms with Crippen molar-refractivity contribution in [3.63, 3.8) is 0 Å². The Morgan fingerprint density at radius 2 is 1.88 bits per heavy atom. The van der Waals surface area contributed by atoms with E-state index in [4.69, 9.17) is 10.9 Å². The number of benzene rings is 1. The van der Waals surface area contributed by atoms with Gasteiger partial charge in [-0.05, 0) is 23.8 Å². The van der Waals surface area contributed by atoms with Crippen molar-refractivity contribution < 1.29 is 23.1 Å². The van der Waals surface area contributed by atoms with Gasteiger partial charge in [0.1, 0.15) is 0 Å². The summed E-state index contributed by atoms with van der Waals surface area (Å²) >= 11 is 0. The SMILES string of the molecule is NC1CN(C(=O)c2cccc(-c3ccn(S(N)(=O)=O)c3C(=O)O)c2)C1. The highest BCUT2D eigenvalue weighted by molar-refractivity contribution is 7.87. The molecule has 1 aliphatic heterocycles. The minimum Gasteiger partial charge on any atom is -0.477 e. The lowest BCUT2D eigenvalue weighted by Gasteiger charge is -2.36. The van der Waals surface area contributed by atoms with E-state index in [1.54, 1.807) is 23.1 Å². The number of carbonyl (C=O) groups excluding carboxylic acids is 1. The average molecular weight is 364 g/mol. The van der Waals surface area contributed by atoms with Crippen molar-refractivity contribution >= 4 is 22.1 Å². The molecule has 1 saturated heterocycles. The molecular weight excluding hydrogens is 348 g/mol. The van der Waals surface area contributed by atoms with Crippen LogP contribution in [0.2, 0.25) is 0 Å². The maximum Gasteiger partial charge on any atom is 0.354 e. The number of nitrogens with two attached hydrogens (primary N) is 2. The smallest absolute Gasteiger partial charge is 0.354 e. The molecule has 25 heavy (non-hydrogen) atoms. The number of nitrogens with zero attached hydrogens (tertiary/aromatic N) is 2. The normalized spacial score (nSPS) is 15.0. The molecule has 0 unspecified atom stereocenters. The molecule has 1 aromatic heterocycles. The van der Waals surface area contributed by atoms with Gasteiger partial charge >= 0.3 is 16.2 Å². The molecule has 1 aliphatic rings. The van der Waals surface area contributed by atoms with Gasteiger partial charge in [-0.2, -0.15) is 8.42 Å². The van der Waals surface area contributed by atoms with E-state index < -0.39 is 21.9 Å². The predicted molar refractivity (Wildman–Crippen MR) is 89.2 cm³/mol. The Morgan fingerprint density at radius 3 is 2.44 bits per heavy atom. The van der Waals surface area contributed by atoms with Crippen molar-refractivity contribution in [2.24, 2.45) is 10.9 Å². The Hall–Kier alpha value is -2.69. The van der Waals surface area contributed by atoms with E-state index in [2.05, 4.69) is 0 Å². The molecule has 0 atom stereocenters. The van der Waals surface area contributed by atoms with Crippen LogP contribution in [-0.2, 0) is 10.2 Å². The zero-order valence-electron chi connectivity index (χ0n) is 13.0. The van der Waals surface area contributed by atoms with Gasteiger partial charge < -0.3 is 15.7 Å². The zero-order valence-corrected chi connectivity index (χ0v) is 13.8. The van der Waals surface area contributed by atoms with E-state index >= 15 is 0 Å². The molecule has 0 radical (unpaired) electrons. The van der Waals surface area contributed by atoms with Gasteiger partial charge in [0.2, 0.25) is 0 Å². The van der Waals surface area contributed by atoms with Crippen LogP contribution in [-0.4, -0.2) is 53.4 Å². The second-order valence-electron chi connectivity index (χ2n) is 5.77. The van der Waals surface area contributed by atoms with Gasteiger partial charge in [-0.15, -0.1) is 0 Å². The summed E-state index contributed by atoms with van der Waals surface area (Å²) in [4.78, 5) is 25.5. The molecule has 0 bridgehead atoms. The van der Waals surface area contributed by atoms with Gasteiger partial charge in [-0.1, -0.05) is 12.1 Å². The largest absolute Gasteiger partial charge is 0.477 e. The molecule has 9 nitrogen and oxygen atoms in total. The summed E-state index contributed by atoms with van der Waals surface area (Å²) in [5.74, 6) is -1.66. The summed E-state index contributed by atoms with van der Waals surface area (Å²) in [5.41, 5.74) is 6.10. The molecule has 1 fully saturated rings. The first-order chi connectivity index (χ1) is 11.7. The third kappa shape index (κ3) is 3.14. The first-order valence-electron chi connectivity index (χ1n) is 7.31. The van der Waals surface area contributed by atoms with Gasteiger partial charge in [0.25, 0.3) is 5.91 Å². The second kappa shape index (κ2) is 5.99. The fourth-order valence-corrected chi connectivity index (χ4v) is 3.41. The number of aromatic carboxylic acids is 1. The lowest BCUT2D eigenvalue weighted by Crippen LogP contribution is -2.57. The second-order valence-corrected chi connectivity index (χ2v) is 7.20. The molecular formula is C15H16N4O5S. The van der Waals surface area contributed by atoms with Gasteiger partial charge in [-0.25, -0.2) is 13.9 Å². The van der Waals surface area contributed by atoms with Crippen LogP contribution in [0.1, 0.15) is 20.8 Å². The predicted octanol–water partition coefficient (Wildman–Crippen LogP) is -0.312. The average Bonchev–Trinajstić information content (AvgIpc) is 2.97. The molecule has 1 aromatic carbocycles. The number of hydrogen-bond acceptors (Lipinski definition) is 5. The Bertz CT molecular complexity index is 960. The van der Waals surface area contributed by atoms with Crippen LogP contribution in [0.3, 0.4) is 0 Å². The van der Waals surface area contributed by atoms with E-state index in [0.29, 0.717) is 28.2 Å². The van der Waals surface area contributed by atoms with Crippen LogP contribution < -0.4 is 10.9 Å². The van der Waals surface area contributed by atoms with Crippen LogP contribution in [0.4, 0.5) is 0 Å². The minimum atomic E-state index is -4.26. The number of carbonyl (C=O) groups is 2. The Kier molecular flexibility index (Phi) is 4.11. The van der Waals surface area contributed by atoms with Crippen LogP contribution in [0, 0.1) is 0 Å². The van der Waals surface area contributed by atoms with Crippen molar-refractivity contribution in [2.45, 2.75) is 6.04 Å². The maximum absolute atomic E-state index is 12.4. The first-order valence-corrected chi connectivity index (χ1v) is 8.82. The van der Waals surface area contributed by atoms with Gasteiger partial charge in [0, 0.05) is 36.5 Å². The number of amides is 1. The van der Waals surface area contributed by atoms with Gasteiger partial charge in [-0.3, -0.25) is 4.79 Å². The van der Waals surface area contributed by atoms with Crippen molar-refractivity contribution in [3.8, 4) is 11.1 Å². The highest BCUT2D eigenvalue weighted by Crippen LogP contribution is 2.27. The monoisotopic (exact) mass is 364 g/mol. The van der Waals surface area contributed by atoms with Crippen LogP contribution >= 0.6 is 0 Å². The molecule has 0 saturated carbocycles. The van der Waals surface area contributed by atoms with Crippen LogP contribution in [0.15, 0.2) is 36.5 Å². The lowest BCUT2D eigenvalue weighted by molar-refractivity contribution is 0.0607. The highest BCUT2D eigenvalue weighted by Gasteiger charge is 2.29. The van der Waals surface area contributed by atoms with Gasteiger partial charge in [0.15, 0.2) is 5.69 Å². The Balaban J connectivity index is 2.03. The molecule has 132 valence electrons. The first kappa shape index (κ1) is 17.1. The number of likely N-dealkylation sites (tertiary alicyclic amines) is 1. The third-order valence-electron chi connectivity index (χ3n) is 3.95. The maximum atomic E-state index is 12.4. The Labute approximate surface area is 143 Å². The number of rotatable bonds is 4. The molecule has 2 heterocycles. The fraction of sp³-hybridized carbons (Fsp3) is 0.200. The molecule has 0 spiro atoms. The minimum absolute atomic E-state index is 0.0328. The third-order valence-corrected chi connectivity index (χ3v) is 4.80. The number of hydrogen-bond donors (Lipinski definition) is 3. The fourth-order valence-electron chi connectivity index (χ4n) is 2.75. The number of aromatic nitrogens is 1. The van der Waals surface area contributed by atoms with E-state index in [1.165, 1.54) is 12.1 Å². The molecule has 2 aromatic rings. The van der Waals surface area contributed by atoms with E-state index in [9.17, 15) is 23.1 Å². The highest BCUT2D eigenvalue weighted by atomic mass is 32.2. The summed E-state index contributed by atoms with van der Waals surface area (Å²) in [5, 5.41) is 14.4. The van der Waals surface area contributed by atoms with Gasteiger partial charge in [0.05, 0.1) is 0 Å². The van der Waals surface area contributed by atoms with Crippen LogP contribution in [0.5, 0.6) is 0 Å². The summed E-state index contributed by atoms with van der Waals surface area (Å²) in [7, 11) is -4.26. The van der Waals surface area contributed by atoms with Crippen molar-refractivity contribution in [1.29, 1.82) is 0 Å². The van der Waals surface area contributed by atoms with Crippen molar-refractivity contribution in [3.05, 3.63) is 47.8 Å². The summed E-state index contributed by atoms with van der Waals surface area (Å²) in [6, 6.07) is 7.61. The summed E-state index contributed by atoms with van der Waals surface area (Å²) in [6.07, 6.45) is 1.07. The molecule has 3 rings (SSSR count). The molecule has 5 N–H and O–H groups in total. The van der Waals surface area contributed by atoms with E-state index in [1.807, 2.05) is 0 Å². The topological polar surface area (TPSA) is 149 Å². The quantitative estimate of drug-likeness (QED) is 0.677. The van der Waals surface area contributed by atoms with E-state index in [0.717, 1.165) is 6.20 Å². The summed E-state index contributed by atoms with van der Waals surface area (Å²) < 4.78 is 23.6. The molecule has 0 aliphatic carbocycles. The molecule has 10 heteroatoms.